The van der Waals surface area contributed by atoms with Crippen LogP contribution < -0.4 is 9.80 Å². The van der Waals surface area contributed by atoms with E-state index in [2.05, 4.69) is 30.8 Å². The lowest BCUT2D eigenvalue weighted by Gasteiger charge is -2.24. The number of anilines is 2. The second-order valence-corrected chi connectivity index (χ2v) is 5.33. The molecule has 2 aromatic rings. The predicted molar refractivity (Wildman–Crippen MR) is 84.8 cm³/mol. The van der Waals surface area contributed by atoms with Gasteiger partial charge in [0.25, 0.3) is 0 Å². The van der Waals surface area contributed by atoms with E-state index >= 15 is 0 Å². The van der Waals surface area contributed by atoms with Crippen LogP contribution in [0.25, 0.3) is 0 Å². The quantitative estimate of drug-likeness (QED) is 0.841. The van der Waals surface area contributed by atoms with E-state index in [9.17, 15) is 5.26 Å². The second kappa shape index (κ2) is 6.39. The Bertz CT molecular complexity index is 693. The minimum absolute atomic E-state index is 0.633. The summed E-state index contributed by atoms with van der Waals surface area (Å²) in [4.78, 5) is 17.4. The third kappa shape index (κ3) is 2.98. The van der Waals surface area contributed by atoms with Gasteiger partial charge in [-0.25, -0.2) is 15.0 Å². The molecular weight excluding hydrogens is 276 g/mol. The van der Waals surface area contributed by atoms with E-state index in [0.717, 1.165) is 49.9 Å². The van der Waals surface area contributed by atoms with Crippen LogP contribution in [0.4, 0.5) is 11.6 Å². The van der Waals surface area contributed by atoms with Gasteiger partial charge in [0.05, 0.1) is 5.56 Å². The van der Waals surface area contributed by atoms with Crippen molar-refractivity contribution in [2.45, 2.75) is 13.3 Å². The molecule has 0 aromatic carbocycles. The molecule has 0 unspecified atom stereocenters. The Morgan fingerprint density at radius 1 is 1.09 bits per heavy atom. The van der Waals surface area contributed by atoms with Crippen molar-refractivity contribution in [1.29, 1.82) is 5.26 Å². The number of hydrogen-bond acceptors (Lipinski definition) is 6. The van der Waals surface area contributed by atoms with Gasteiger partial charge in [-0.3, -0.25) is 0 Å². The Morgan fingerprint density at radius 2 is 1.91 bits per heavy atom. The van der Waals surface area contributed by atoms with Gasteiger partial charge >= 0.3 is 0 Å². The molecule has 0 aliphatic carbocycles. The highest BCUT2D eigenvalue weighted by Gasteiger charge is 2.19. The molecule has 2 aromatic heterocycles. The fourth-order valence-electron chi connectivity index (χ4n) is 2.71. The highest BCUT2D eigenvalue weighted by molar-refractivity contribution is 5.54. The van der Waals surface area contributed by atoms with Crippen LogP contribution in [0.15, 0.2) is 30.7 Å². The summed E-state index contributed by atoms with van der Waals surface area (Å²) in [5.74, 6) is 1.75. The lowest BCUT2D eigenvalue weighted by molar-refractivity contribution is 0.791. The first-order valence-electron chi connectivity index (χ1n) is 7.41. The highest BCUT2D eigenvalue weighted by Crippen LogP contribution is 2.20. The van der Waals surface area contributed by atoms with Crippen LogP contribution in [0.3, 0.4) is 0 Å². The Balaban J connectivity index is 1.76. The van der Waals surface area contributed by atoms with E-state index in [-0.39, 0.29) is 0 Å². The van der Waals surface area contributed by atoms with Crippen LogP contribution in [0.5, 0.6) is 0 Å². The molecule has 0 spiro atoms. The maximum Gasteiger partial charge on any atom is 0.146 e. The van der Waals surface area contributed by atoms with Crippen LogP contribution in [-0.2, 0) is 0 Å². The van der Waals surface area contributed by atoms with E-state index in [1.807, 2.05) is 19.1 Å². The maximum atomic E-state index is 9.24. The number of aryl methyl sites for hydroxylation is 1. The van der Waals surface area contributed by atoms with E-state index in [4.69, 9.17) is 0 Å². The minimum atomic E-state index is 0.633. The average Bonchev–Trinajstić information content (AvgIpc) is 2.81. The minimum Gasteiger partial charge on any atom is -0.355 e. The van der Waals surface area contributed by atoms with Crippen molar-refractivity contribution >= 4 is 11.6 Å². The van der Waals surface area contributed by atoms with E-state index in [1.54, 1.807) is 18.6 Å². The zero-order chi connectivity index (χ0) is 15.4. The Kier molecular flexibility index (Phi) is 4.15. The third-order valence-corrected chi connectivity index (χ3v) is 3.82. The van der Waals surface area contributed by atoms with E-state index in [0.29, 0.717) is 5.56 Å². The number of nitriles is 1. The highest BCUT2D eigenvalue weighted by atomic mass is 15.3. The summed E-state index contributed by atoms with van der Waals surface area (Å²) < 4.78 is 0. The zero-order valence-corrected chi connectivity index (χ0v) is 12.6. The molecule has 0 bridgehead atoms. The van der Waals surface area contributed by atoms with Gasteiger partial charge in [0.15, 0.2) is 0 Å². The first-order valence-corrected chi connectivity index (χ1v) is 7.41. The van der Waals surface area contributed by atoms with E-state index < -0.39 is 0 Å². The van der Waals surface area contributed by atoms with Crippen LogP contribution in [0.2, 0.25) is 0 Å². The predicted octanol–water partition coefficient (Wildman–Crippen LogP) is 1.77. The molecule has 3 heterocycles. The summed E-state index contributed by atoms with van der Waals surface area (Å²) in [6, 6.07) is 7.86. The molecule has 0 amide bonds. The monoisotopic (exact) mass is 294 g/mol. The van der Waals surface area contributed by atoms with Gasteiger partial charge in [-0.2, -0.15) is 5.26 Å². The number of rotatable bonds is 2. The van der Waals surface area contributed by atoms with Crippen LogP contribution in [0.1, 0.15) is 17.7 Å². The SMILES string of the molecule is Cc1cc(N2CCCN(c3ncccc3C#N)CC2)ncn1. The smallest absolute Gasteiger partial charge is 0.146 e. The molecule has 6 heteroatoms. The summed E-state index contributed by atoms with van der Waals surface area (Å²) in [5, 5.41) is 9.24. The molecule has 3 rings (SSSR count). The molecule has 0 saturated carbocycles. The second-order valence-electron chi connectivity index (χ2n) is 5.33. The van der Waals surface area contributed by atoms with Crippen LogP contribution in [-0.4, -0.2) is 41.1 Å². The molecule has 0 radical (unpaired) electrons. The molecule has 22 heavy (non-hydrogen) atoms. The molecular formula is C16H18N6. The van der Waals surface area contributed by atoms with Crippen molar-refractivity contribution in [3.05, 3.63) is 42.0 Å². The molecule has 1 aliphatic heterocycles. The molecule has 112 valence electrons. The normalized spacial score (nSPS) is 15.3. The summed E-state index contributed by atoms with van der Waals surface area (Å²) in [6.45, 7) is 5.50. The van der Waals surface area contributed by atoms with Gasteiger partial charge in [0.1, 0.15) is 24.0 Å². The summed E-state index contributed by atoms with van der Waals surface area (Å²) in [5.41, 5.74) is 1.61. The fourth-order valence-corrected chi connectivity index (χ4v) is 2.71. The number of nitrogens with zero attached hydrogens (tertiary/aromatic N) is 6. The Labute approximate surface area is 130 Å². The topological polar surface area (TPSA) is 68.9 Å². The first kappa shape index (κ1) is 14.3. The molecule has 0 N–H and O–H groups in total. The molecule has 1 fully saturated rings. The lowest BCUT2D eigenvalue weighted by atomic mass is 10.2. The van der Waals surface area contributed by atoms with Gasteiger partial charge in [-0.05, 0) is 25.5 Å². The molecule has 0 atom stereocenters. The standard InChI is InChI=1S/C16H18N6/c1-13-10-15(20-12-19-13)21-6-3-7-22(9-8-21)16-14(11-17)4-2-5-18-16/h2,4-5,10,12H,3,6-9H2,1H3. The van der Waals surface area contributed by atoms with Crippen molar-refractivity contribution in [2.75, 3.05) is 36.0 Å². The first-order chi connectivity index (χ1) is 10.8. The largest absolute Gasteiger partial charge is 0.355 e. The third-order valence-electron chi connectivity index (χ3n) is 3.82. The Hall–Kier alpha value is -2.68. The van der Waals surface area contributed by atoms with Crippen molar-refractivity contribution < 1.29 is 0 Å². The summed E-state index contributed by atoms with van der Waals surface area (Å²) in [6.07, 6.45) is 4.36. The Morgan fingerprint density at radius 3 is 2.73 bits per heavy atom. The van der Waals surface area contributed by atoms with Crippen molar-refractivity contribution in [3.63, 3.8) is 0 Å². The van der Waals surface area contributed by atoms with Gasteiger partial charge in [-0.15, -0.1) is 0 Å². The summed E-state index contributed by atoms with van der Waals surface area (Å²) in [7, 11) is 0. The number of hydrogen-bond donors (Lipinski definition) is 0. The van der Waals surface area contributed by atoms with Crippen molar-refractivity contribution in [1.82, 2.24) is 15.0 Å². The zero-order valence-electron chi connectivity index (χ0n) is 12.6. The van der Waals surface area contributed by atoms with E-state index in [1.165, 1.54) is 0 Å². The van der Waals surface area contributed by atoms with Crippen molar-refractivity contribution in [3.8, 4) is 6.07 Å². The van der Waals surface area contributed by atoms with Crippen LogP contribution in [0, 0.1) is 18.3 Å². The fraction of sp³-hybridized carbons (Fsp3) is 0.375. The van der Waals surface area contributed by atoms with Crippen LogP contribution >= 0.6 is 0 Å². The van der Waals surface area contributed by atoms with Gasteiger partial charge in [0, 0.05) is 44.1 Å². The lowest BCUT2D eigenvalue weighted by Crippen LogP contribution is -2.32. The molecule has 1 aliphatic rings. The maximum absolute atomic E-state index is 9.24. The van der Waals surface area contributed by atoms with Gasteiger partial charge in [-0.1, -0.05) is 0 Å². The number of pyridine rings is 1. The molecule has 1 saturated heterocycles. The van der Waals surface area contributed by atoms with Gasteiger partial charge in [0.2, 0.25) is 0 Å². The number of aromatic nitrogens is 3. The summed E-state index contributed by atoms with van der Waals surface area (Å²) >= 11 is 0. The van der Waals surface area contributed by atoms with Gasteiger partial charge < -0.3 is 9.80 Å². The van der Waals surface area contributed by atoms with Crippen molar-refractivity contribution in [2.24, 2.45) is 0 Å². The average molecular weight is 294 g/mol. The molecule has 6 nitrogen and oxygen atoms in total.